The van der Waals surface area contributed by atoms with E-state index in [2.05, 4.69) is 0 Å². The second-order valence-electron chi connectivity index (χ2n) is 5.49. The molecule has 0 radical (unpaired) electrons. The quantitative estimate of drug-likeness (QED) is 0.716. The molecule has 0 saturated carbocycles. The van der Waals surface area contributed by atoms with Crippen LogP contribution in [0.25, 0.3) is 0 Å². The van der Waals surface area contributed by atoms with Gasteiger partial charge >= 0.3 is 12.1 Å². The molecule has 112 valence electrons. The van der Waals surface area contributed by atoms with E-state index >= 15 is 0 Å². The molecular formula is C12H23NO6. The van der Waals surface area contributed by atoms with Crippen molar-refractivity contribution in [2.45, 2.75) is 45.8 Å². The topological polar surface area (TPSA) is 94.1 Å². The molecule has 1 atom stereocenters. The minimum atomic E-state index is -1.66. The first-order chi connectivity index (χ1) is 8.55. The van der Waals surface area contributed by atoms with E-state index in [-0.39, 0.29) is 6.61 Å². The second-order valence-corrected chi connectivity index (χ2v) is 5.49. The third kappa shape index (κ3) is 5.44. The number of amides is 1. The standard InChI is InChI=1S/C12H23NO6/c1-8(2)12(7-17-6,9(14)15)19-13-10(16)18-11(3,4)5/h8H,7H2,1-6H3,(H,13,16)(H,14,15)/t12-/m0/s1. The van der Waals surface area contributed by atoms with E-state index in [0.717, 1.165) is 0 Å². The van der Waals surface area contributed by atoms with Gasteiger partial charge < -0.3 is 14.6 Å². The van der Waals surface area contributed by atoms with Crippen LogP contribution in [0.5, 0.6) is 0 Å². The Kier molecular flexibility index (Phi) is 6.24. The summed E-state index contributed by atoms with van der Waals surface area (Å²) in [6.07, 6.45) is -0.852. The van der Waals surface area contributed by atoms with Crippen molar-refractivity contribution in [1.82, 2.24) is 5.48 Å². The van der Waals surface area contributed by atoms with Crippen molar-refractivity contribution in [3.63, 3.8) is 0 Å². The average molecular weight is 277 g/mol. The fourth-order valence-electron chi connectivity index (χ4n) is 1.31. The van der Waals surface area contributed by atoms with Crippen LogP contribution in [0.15, 0.2) is 0 Å². The molecule has 0 heterocycles. The van der Waals surface area contributed by atoms with Gasteiger partial charge in [-0.1, -0.05) is 13.8 Å². The van der Waals surface area contributed by atoms with Crippen molar-refractivity contribution in [3.8, 4) is 0 Å². The normalized spacial score (nSPS) is 14.9. The van der Waals surface area contributed by atoms with Gasteiger partial charge in [-0.3, -0.25) is 0 Å². The van der Waals surface area contributed by atoms with E-state index in [1.165, 1.54) is 7.11 Å². The van der Waals surface area contributed by atoms with Crippen LogP contribution in [0.4, 0.5) is 4.79 Å². The number of carboxylic acid groups (broad SMARTS) is 1. The lowest BCUT2D eigenvalue weighted by Crippen LogP contribution is -2.54. The first-order valence-corrected chi connectivity index (χ1v) is 5.94. The summed E-state index contributed by atoms with van der Waals surface area (Å²) in [7, 11) is 1.36. The van der Waals surface area contributed by atoms with E-state index in [1.807, 2.05) is 5.48 Å². The van der Waals surface area contributed by atoms with Crippen LogP contribution in [0.3, 0.4) is 0 Å². The molecule has 2 N–H and O–H groups in total. The Bertz CT molecular complexity index is 323. The number of ether oxygens (including phenoxy) is 2. The van der Waals surface area contributed by atoms with Crippen molar-refractivity contribution < 1.29 is 29.0 Å². The molecule has 0 unspecified atom stereocenters. The smallest absolute Gasteiger partial charge is 0.431 e. The average Bonchev–Trinajstić information content (AvgIpc) is 2.20. The third-order valence-electron chi connectivity index (χ3n) is 2.37. The molecule has 0 fully saturated rings. The number of aliphatic carboxylic acids is 1. The molecule has 0 rings (SSSR count). The van der Waals surface area contributed by atoms with Crippen LogP contribution in [0.2, 0.25) is 0 Å². The van der Waals surface area contributed by atoms with E-state index in [4.69, 9.17) is 14.3 Å². The predicted octanol–water partition coefficient (Wildman–Crippen LogP) is 1.57. The van der Waals surface area contributed by atoms with Gasteiger partial charge in [0.1, 0.15) is 5.60 Å². The van der Waals surface area contributed by atoms with E-state index in [0.29, 0.717) is 0 Å². The lowest BCUT2D eigenvalue weighted by molar-refractivity contribution is -0.195. The van der Waals surface area contributed by atoms with E-state index in [9.17, 15) is 14.7 Å². The zero-order chi connectivity index (χ0) is 15.3. The Morgan fingerprint density at radius 2 is 1.79 bits per heavy atom. The molecule has 0 aromatic heterocycles. The van der Waals surface area contributed by atoms with Crippen LogP contribution in [0, 0.1) is 5.92 Å². The van der Waals surface area contributed by atoms with Crippen LogP contribution in [-0.2, 0) is 19.1 Å². The maximum atomic E-state index is 11.5. The van der Waals surface area contributed by atoms with Crippen LogP contribution in [-0.4, -0.2) is 42.1 Å². The molecule has 0 aromatic rings. The van der Waals surface area contributed by atoms with Gasteiger partial charge in [0.2, 0.25) is 5.60 Å². The molecule has 7 heteroatoms. The second kappa shape index (κ2) is 6.72. The Hall–Kier alpha value is -1.34. The van der Waals surface area contributed by atoms with E-state index in [1.54, 1.807) is 34.6 Å². The van der Waals surface area contributed by atoms with E-state index < -0.39 is 29.2 Å². The number of hydroxylamine groups is 1. The zero-order valence-electron chi connectivity index (χ0n) is 12.3. The lowest BCUT2D eigenvalue weighted by Gasteiger charge is -2.32. The Morgan fingerprint density at radius 3 is 2.11 bits per heavy atom. The van der Waals surface area contributed by atoms with Crippen molar-refractivity contribution >= 4 is 12.1 Å². The highest BCUT2D eigenvalue weighted by molar-refractivity contribution is 5.78. The van der Waals surface area contributed by atoms with Crippen LogP contribution in [0.1, 0.15) is 34.6 Å². The number of rotatable bonds is 6. The summed E-state index contributed by atoms with van der Waals surface area (Å²) in [5, 5.41) is 9.27. The Labute approximate surface area is 113 Å². The molecule has 0 aliphatic heterocycles. The highest BCUT2D eigenvalue weighted by Gasteiger charge is 2.45. The van der Waals surface area contributed by atoms with Gasteiger partial charge in [0.05, 0.1) is 6.61 Å². The van der Waals surface area contributed by atoms with Gasteiger partial charge in [-0.2, -0.15) is 5.48 Å². The highest BCUT2D eigenvalue weighted by Crippen LogP contribution is 2.22. The fraction of sp³-hybridized carbons (Fsp3) is 0.833. The van der Waals surface area contributed by atoms with Crippen molar-refractivity contribution in [2.75, 3.05) is 13.7 Å². The monoisotopic (exact) mass is 277 g/mol. The number of methoxy groups -OCH3 is 1. The summed E-state index contributed by atoms with van der Waals surface area (Å²) in [4.78, 5) is 27.9. The van der Waals surface area contributed by atoms with Gasteiger partial charge in [-0.25, -0.2) is 14.4 Å². The highest BCUT2D eigenvalue weighted by atomic mass is 16.7. The summed E-state index contributed by atoms with van der Waals surface area (Å²) in [6, 6.07) is 0. The van der Waals surface area contributed by atoms with Gasteiger partial charge in [0.15, 0.2) is 0 Å². The largest absolute Gasteiger partial charge is 0.479 e. The molecule has 1 amide bonds. The van der Waals surface area contributed by atoms with Gasteiger partial charge in [-0.15, -0.1) is 0 Å². The van der Waals surface area contributed by atoms with Gasteiger partial charge in [0.25, 0.3) is 0 Å². The number of carbonyl (C=O) groups excluding carboxylic acids is 1. The molecule has 0 saturated heterocycles. The van der Waals surface area contributed by atoms with Gasteiger partial charge in [0, 0.05) is 7.11 Å². The minimum absolute atomic E-state index is 0.199. The summed E-state index contributed by atoms with van der Waals surface area (Å²) in [5.41, 5.74) is -0.351. The Morgan fingerprint density at radius 1 is 1.26 bits per heavy atom. The number of hydrogen-bond donors (Lipinski definition) is 2. The minimum Gasteiger partial charge on any atom is -0.479 e. The first-order valence-electron chi connectivity index (χ1n) is 5.94. The molecular weight excluding hydrogens is 254 g/mol. The molecule has 0 aliphatic carbocycles. The predicted molar refractivity (Wildman–Crippen MR) is 67.5 cm³/mol. The number of nitrogens with one attached hydrogen (secondary N) is 1. The van der Waals surface area contributed by atoms with Crippen molar-refractivity contribution in [2.24, 2.45) is 5.92 Å². The third-order valence-corrected chi connectivity index (χ3v) is 2.37. The van der Waals surface area contributed by atoms with Gasteiger partial charge in [-0.05, 0) is 26.7 Å². The molecule has 7 nitrogen and oxygen atoms in total. The fourth-order valence-corrected chi connectivity index (χ4v) is 1.31. The lowest BCUT2D eigenvalue weighted by atomic mass is 9.91. The Balaban J connectivity index is 4.76. The zero-order valence-corrected chi connectivity index (χ0v) is 12.3. The number of carbonyl (C=O) groups is 2. The van der Waals surface area contributed by atoms with Crippen LogP contribution < -0.4 is 5.48 Å². The first kappa shape index (κ1) is 17.7. The number of carboxylic acids is 1. The number of hydrogen-bond acceptors (Lipinski definition) is 5. The molecule has 0 bridgehead atoms. The molecule has 19 heavy (non-hydrogen) atoms. The van der Waals surface area contributed by atoms with Crippen molar-refractivity contribution in [3.05, 3.63) is 0 Å². The van der Waals surface area contributed by atoms with Crippen molar-refractivity contribution in [1.29, 1.82) is 0 Å². The molecule has 0 spiro atoms. The summed E-state index contributed by atoms with van der Waals surface area (Å²) in [5.74, 6) is -1.64. The summed E-state index contributed by atoms with van der Waals surface area (Å²) >= 11 is 0. The summed E-state index contributed by atoms with van der Waals surface area (Å²) in [6.45, 7) is 8.18. The summed E-state index contributed by atoms with van der Waals surface area (Å²) < 4.78 is 9.83. The maximum absolute atomic E-state index is 11.5. The maximum Gasteiger partial charge on any atom is 0.431 e. The molecule has 0 aliphatic rings. The van der Waals surface area contributed by atoms with Crippen LogP contribution >= 0.6 is 0 Å². The molecule has 0 aromatic carbocycles. The SMILES string of the molecule is COC[C@@](ONC(=O)OC(C)(C)C)(C(=O)O)C(C)C.